The molecule has 3 rings (SSSR count). The normalized spacial score (nSPS) is 28.2. The van der Waals surface area contributed by atoms with Crippen LogP contribution in [0.25, 0.3) is 5.83 Å². The maximum atomic E-state index is 14.8. The summed E-state index contributed by atoms with van der Waals surface area (Å²) in [6, 6.07) is 7.11. The Balaban J connectivity index is 1.41. The van der Waals surface area contributed by atoms with Gasteiger partial charge in [-0.15, -0.1) is 0 Å². The number of benzene rings is 1. The minimum absolute atomic E-state index is 0.0966. The van der Waals surface area contributed by atoms with E-state index in [1.807, 2.05) is 24.3 Å². The molecule has 0 spiro atoms. The van der Waals surface area contributed by atoms with Crippen LogP contribution in [0.5, 0.6) is 0 Å². The van der Waals surface area contributed by atoms with Crippen LogP contribution in [0.4, 0.5) is 17.6 Å². The molecule has 1 aromatic carbocycles. The molecular formula is C29H40F4O. The number of aryl methyl sites for hydroxylation is 1. The fourth-order valence-electron chi connectivity index (χ4n) is 5.48. The molecule has 1 aromatic rings. The van der Waals surface area contributed by atoms with Gasteiger partial charge in [0, 0.05) is 24.5 Å². The van der Waals surface area contributed by atoms with E-state index in [2.05, 4.69) is 6.92 Å². The Morgan fingerprint density at radius 3 is 2.32 bits per heavy atom. The van der Waals surface area contributed by atoms with Crippen LogP contribution >= 0.6 is 0 Å². The number of halogens is 4. The minimum atomic E-state index is -2.76. The quantitative estimate of drug-likeness (QED) is 0.239. The van der Waals surface area contributed by atoms with Gasteiger partial charge in [0.2, 0.25) is 0 Å². The second-order valence-electron chi connectivity index (χ2n) is 10.1. The minimum Gasteiger partial charge on any atom is -0.372 e. The summed E-state index contributed by atoms with van der Waals surface area (Å²) in [5.74, 6) is -4.03. The van der Waals surface area contributed by atoms with Crippen LogP contribution in [-0.4, -0.2) is 18.6 Å². The van der Waals surface area contributed by atoms with Crippen LogP contribution in [-0.2, 0) is 11.2 Å². The van der Waals surface area contributed by atoms with Crippen molar-refractivity contribution in [3.8, 4) is 0 Å². The smallest absolute Gasteiger partial charge is 0.274 e. The first-order valence-corrected chi connectivity index (χ1v) is 13.1. The molecule has 0 aromatic heterocycles. The number of alkyl halides is 2. The third-order valence-corrected chi connectivity index (χ3v) is 7.48. The van der Waals surface area contributed by atoms with Crippen molar-refractivity contribution in [3.63, 3.8) is 0 Å². The van der Waals surface area contributed by atoms with Gasteiger partial charge in [-0.1, -0.05) is 49.8 Å². The van der Waals surface area contributed by atoms with Gasteiger partial charge in [0.15, 0.2) is 5.83 Å². The SMILES string of the molecule is CCCc1ccc(/C(F)=C(\F)C2CCC(CC/C=C/C3CCC(OCC)C(F)(F)C3)CC2)cc1. The molecule has 2 aliphatic carbocycles. The van der Waals surface area contributed by atoms with Gasteiger partial charge in [-0.25, -0.2) is 17.6 Å². The summed E-state index contributed by atoms with van der Waals surface area (Å²) in [4.78, 5) is 0. The van der Waals surface area contributed by atoms with E-state index in [1.54, 1.807) is 19.1 Å². The molecule has 0 bridgehead atoms. The molecule has 0 radical (unpaired) electrons. The fraction of sp³-hybridized carbons (Fsp3) is 0.655. The van der Waals surface area contributed by atoms with Crippen LogP contribution in [0.3, 0.4) is 0 Å². The summed E-state index contributed by atoms with van der Waals surface area (Å²) in [6.45, 7) is 4.17. The first-order valence-electron chi connectivity index (χ1n) is 13.1. The van der Waals surface area contributed by atoms with Crippen LogP contribution in [0.1, 0.15) is 89.2 Å². The molecule has 0 amide bonds. The predicted octanol–water partition coefficient (Wildman–Crippen LogP) is 9.23. The van der Waals surface area contributed by atoms with Gasteiger partial charge in [-0.3, -0.25) is 0 Å². The summed E-state index contributed by atoms with van der Waals surface area (Å²) in [5.41, 5.74) is 1.46. The van der Waals surface area contributed by atoms with Crippen molar-refractivity contribution in [1.82, 2.24) is 0 Å². The largest absolute Gasteiger partial charge is 0.372 e. The average Bonchev–Trinajstić information content (AvgIpc) is 2.83. The monoisotopic (exact) mass is 480 g/mol. The highest BCUT2D eigenvalue weighted by Gasteiger charge is 2.45. The van der Waals surface area contributed by atoms with Crippen LogP contribution in [0.2, 0.25) is 0 Å². The lowest BCUT2D eigenvalue weighted by Crippen LogP contribution is -2.41. The fourth-order valence-corrected chi connectivity index (χ4v) is 5.48. The number of hydrogen-bond acceptors (Lipinski definition) is 1. The van der Waals surface area contributed by atoms with Crippen molar-refractivity contribution in [2.24, 2.45) is 17.8 Å². The Bertz CT molecular complexity index is 806. The van der Waals surface area contributed by atoms with E-state index in [9.17, 15) is 17.6 Å². The van der Waals surface area contributed by atoms with E-state index < -0.39 is 23.7 Å². The van der Waals surface area contributed by atoms with E-state index in [0.29, 0.717) is 37.4 Å². The number of allylic oxidation sites excluding steroid dienone is 3. The van der Waals surface area contributed by atoms with E-state index >= 15 is 0 Å². The van der Waals surface area contributed by atoms with E-state index in [-0.39, 0.29) is 18.3 Å². The summed E-state index contributed by atoms with van der Waals surface area (Å²) in [7, 11) is 0. The summed E-state index contributed by atoms with van der Waals surface area (Å²) in [6.07, 6.45) is 10.9. The highest BCUT2D eigenvalue weighted by Crippen LogP contribution is 2.41. The Morgan fingerprint density at radius 2 is 1.71 bits per heavy atom. The first-order chi connectivity index (χ1) is 16.3. The van der Waals surface area contributed by atoms with Gasteiger partial charge < -0.3 is 4.74 Å². The van der Waals surface area contributed by atoms with Crippen LogP contribution < -0.4 is 0 Å². The lowest BCUT2D eigenvalue weighted by atomic mass is 9.79. The summed E-state index contributed by atoms with van der Waals surface area (Å²) >= 11 is 0. The Labute approximate surface area is 202 Å². The van der Waals surface area contributed by atoms with Gasteiger partial charge in [0.25, 0.3) is 5.92 Å². The highest BCUT2D eigenvalue weighted by atomic mass is 19.3. The van der Waals surface area contributed by atoms with Gasteiger partial charge in [0.1, 0.15) is 11.9 Å². The predicted molar refractivity (Wildman–Crippen MR) is 131 cm³/mol. The van der Waals surface area contributed by atoms with Crippen LogP contribution in [0.15, 0.2) is 42.2 Å². The second-order valence-corrected chi connectivity index (χ2v) is 10.1. The van der Waals surface area contributed by atoms with Crippen LogP contribution in [0, 0.1) is 17.8 Å². The van der Waals surface area contributed by atoms with Crippen molar-refractivity contribution in [3.05, 3.63) is 53.4 Å². The molecule has 34 heavy (non-hydrogen) atoms. The van der Waals surface area contributed by atoms with Crippen molar-refractivity contribution in [2.75, 3.05) is 6.61 Å². The van der Waals surface area contributed by atoms with Gasteiger partial charge in [-0.05, 0) is 82.1 Å². The molecule has 0 saturated heterocycles. The van der Waals surface area contributed by atoms with Crippen molar-refractivity contribution >= 4 is 5.83 Å². The highest BCUT2D eigenvalue weighted by molar-refractivity contribution is 5.61. The second kappa shape index (κ2) is 12.9. The lowest BCUT2D eigenvalue weighted by molar-refractivity contribution is -0.162. The number of hydrogen-bond donors (Lipinski definition) is 0. The molecule has 190 valence electrons. The molecule has 2 fully saturated rings. The van der Waals surface area contributed by atoms with Crippen molar-refractivity contribution in [2.45, 2.75) is 96.5 Å². The van der Waals surface area contributed by atoms with Crippen molar-refractivity contribution in [1.29, 1.82) is 0 Å². The molecule has 1 nitrogen and oxygen atoms in total. The average molecular weight is 481 g/mol. The molecule has 2 saturated carbocycles. The molecule has 2 atom stereocenters. The van der Waals surface area contributed by atoms with Gasteiger partial charge in [0.05, 0.1) is 0 Å². The summed E-state index contributed by atoms with van der Waals surface area (Å²) in [5, 5.41) is 0. The topological polar surface area (TPSA) is 9.23 Å². The standard InChI is InChI=1S/C29H40F4O/c1-3-7-21-10-15-24(16-11-21)27(30)28(31)25-17-12-22(13-18-25)8-5-6-9-23-14-19-26(34-4-2)29(32,33)20-23/h6,9-11,15-16,22-23,25-26H,3-5,7-8,12-14,17-20H2,1-2H3/b9-6+,28-27+. The molecule has 2 aliphatic rings. The molecule has 2 unspecified atom stereocenters. The van der Waals surface area contributed by atoms with E-state index in [4.69, 9.17) is 4.74 Å². The Morgan fingerprint density at radius 1 is 1.00 bits per heavy atom. The van der Waals surface area contributed by atoms with E-state index in [0.717, 1.165) is 50.5 Å². The molecule has 5 heteroatoms. The molecular weight excluding hydrogens is 440 g/mol. The third kappa shape index (κ3) is 7.44. The zero-order valence-electron chi connectivity index (χ0n) is 20.7. The number of ether oxygens (including phenoxy) is 1. The summed E-state index contributed by atoms with van der Waals surface area (Å²) < 4.78 is 63.1. The zero-order valence-corrected chi connectivity index (χ0v) is 20.7. The molecule has 0 aliphatic heterocycles. The van der Waals surface area contributed by atoms with Crippen molar-refractivity contribution < 1.29 is 22.3 Å². The Kier molecular flexibility index (Phi) is 10.2. The van der Waals surface area contributed by atoms with Gasteiger partial charge in [-0.2, -0.15) is 0 Å². The maximum absolute atomic E-state index is 14.8. The number of rotatable bonds is 10. The Hall–Kier alpha value is -1.62. The van der Waals surface area contributed by atoms with E-state index in [1.165, 1.54) is 0 Å². The molecule has 0 heterocycles. The first kappa shape index (κ1) is 27.0. The molecule has 0 N–H and O–H groups in total. The maximum Gasteiger partial charge on any atom is 0.274 e. The zero-order chi connectivity index (χ0) is 24.6. The van der Waals surface area contributed by atoms with Gasteiger partial charge >= 0.3 is 0 Å². The third-order valence-electron chi connectivity index (χ3n) is 7.48. The lowest BCUT2D eigenvalue weighted by Gasteiger charge is -2.34.